The zero-order valence-corrected chi connectivity index (χ0v) is 12.4. The number of carbonyl (C=O) groups is 2. The van der Waals surface area contributed by atoms with Gasteiger partial charge in [0.15, 0.2) is 0 Å². The van der Waals surface area contributed by atoms with Crippen molar-refractivity contribution in [3.8, 4) is 0 Å². The van der Waals surface area contributed by atoms with Crippen LogP contribution < -0.4 is 10.2 Å². The number of hydrogen-bond donors (Lipinski definition) is 2. The fourth-order valence-electron chi connectivity index (χ4n) is 1.85. The molecule has 1 saturated heterocycles. The molecule has 0 spiro atoms. The van der Waals surface area contributed by atoms with Gasteiger partial charge >= 0.3 is 12.0 Å². The second kappa shape index (κ2) is 5.27. The van der Waals surface area contributed by atoms with E-state index in [1.54, 1.807) is 6.07 Å². The highest BCUT2D eigenvalue weighted by molar-refractivity contribution is 9.11. The largest absolute Gasteiger partial charge is 0.478 e. The van der Waals surface area contributed by atoms with E-state index in [0.29, 0.717) is 27.7 Å². The molecule has 1 aromatic rings. The number of benzene rings is 1. The fraction of sp³-hybridized carbons (Fsp3) is 0.273. The first-order chi connectivity index (χ1) is 8.50. The van der Waals surface area contributed by atoms with Crippen LogP contribution in [0.25, 0.3) is 0 Å². The van der Waals surface area contributed by atoms with Crippen LogP contribution in [0.1, 0.15) is 16.8 Å². The molecule has 1 aliphatic rings. The summed E-state index contributed by atoms with van der Waals surface area (Å²) >= 11 is 6.56. The van der Waals surface area contributed by atoms with Crippen molar-refractivity contribution < 1.29 is 14.7 Å². The number of nitrogens with one attached hydrogen (secondary N) is 1. The lowest BCUT2D eigenvalue weighted by molar-refractivity contribution is 0.0697. The lowest BCUT2D eigenvalue weighted by Crippen LogP contribution is -2.47. The van der Waals surface area contributed by atoms with Crippen LogP contribution in [0.4, 0.5) is 10.5 Å². The lowest BCUT2D eigenvalue weighted by Gasteiger charge is -2.29. The Balaban J connectivity index is 2.54. The molecule has 18 heavy (non-hydrogen) atoms. The van der Waals surface area contributed by atoms with Gasteiger partial charge in [-0.15, -0.1) is 0 Å². The van der Waals surface area contributed by atoms with Crippen LogP contribution in [0, 0.1) is 0 Å². The highest BCUT2D eigenvalue weighted by atomic mass is 79.9. The van der Waals surface area contributed by atoms with E-state index in [-0.39, 0.29) is 11.6 Å². The topological polar surface area (TPSA) is 69.6 Å². The fourth-order valence-corrected chi connectivity index (χ4v) is 3.29. The zero-order chi connectivity index (χ0) is 13.3. The Labute approximate surface area is 120 Å². The Kier molecular flexibility index (Phi) is 3.91. The third kappa shape index (κ3) is 2.51. The van der Waals surface area contributed by atoms with Gasteiger partial charge < -0.3 is 10.4 Å². The van der Waals surface area contributed by atoms with Gasteiger partial charge in [-0.3, -0.25) is 4.90 Å². The van der Waals surface area contributed by atoms with Crippen LogP contribution in [0.2, 0.25) is 0 Å². The SMILES string of the molecule is O=C(O)c1cc(Br)cc(Br)c1N1CCCNC1=O. The monoisotopic (exact) mass is 376 g/mol. The van der Waals surface area contributed by atoms with E-state index in [2.05, 4.69) is 37.2 Å². The van der Waals surface area contributed by atoms with Gasteiger partial charge in [-0.25, -0.2) is 9.59 Å². The van der Waals surface area contributed by atoms with E-state index < -0.39 is 5.97 Å². The maximum atomic E-state index is 11.8. The van der Waals surface area contributed by atoms with Gasteiger partial charge in [0.25, 0.3) is 0 Å². The van der Waals surface area contributed by atoms with Gasteiger partial charge in [-0.2, -0.15) is 0 Å². The van der Waals surface area contributed by atoms with Crippen molar-refractivity contribution in [2.24, 2.45) is 0 Å². The van der Waals surface area contributed by atoms with E-state index in [0.717, 1.165) is 6.42 Å². The Morgan fingerprint density at radius 2 is 2.11 bits per heavy atom. The van der Waals surface area contributed by atoms with Gasteiger partial charge in [-0.1, -0.05) is 15.9 Å². The van der Waals surface area contributed by atoms with E-state index in [4.69, 9.17) is 0 Å². The predicted molar refractivity (Wildman–Crippen MR) is 74.2 cm³/mol. The number of hydrogen-bond acceptors (Lipinski definition) is 2. The van der Waals surface area contributed by atoms with Gasteiger partial charge in [0.1, 0.15) is 0 Å². The lowest BCUT2D eigenvalue weighted by atomic mass is 10.1. The number of aromatic carboxylic acids is 1. The molecule has 2 N–H and O–H groups in total. The van der Waals surface area contributed by atoms with E-state index in [1.807, 2.05) is 0 Å². The van der Waals surface area contributed by atoms with Crippen molar-refractivity contribution in [1.82, 2.24) is 5.32 Å². The van der Waals surface area contributed by atoms with Crippen LogP contribution in [-0.2, 0) is 0 Å². The van der Waals surface area contributed by atoms with Crippen molar-refractivity contribution >= 4 is 49.5 Å². The summed E-state index contributed by atoms with van der Waals surface area (Å²) in [5.74, 6) is -1.06. The molecule has 1 fully saturated rings. The summed E-state index contributed by atoms with van der Waals surface area (Å²) < 4.78 is 1.22. The summed E-state index contributed by atoms with van der Waals surface area (Å²) in [5, 5.41) is 11.9. The van der Waals surface area contributed by atoms with Crippen molar-refractivity contribution in [1.29, 1.82) is 0 Å². The zero-order valence-electron chi connectivity index (χ0n) is 9.24. The molecule has 0 radical (unpaired) electrons. The molecule has 5 nitrogen and oxygen atoms in total. The standard InChI is InChI=1S/C11H10Br2N2O3/c12-6-4-7(10(16)17)9(8(13)5-6)15-3-1-2-14-11(15)18/h4-5H,1-3H2,(H,14,18)(H,16,17). The minimum atomic E-state index is -1.06. The summed E-state index contributed by atoms with van der Waals surface area (Å²) in [4.78, 5) is 24.5. The third-order valence-electron chi connectivity index (χ3n) is 2.61. The number of nitrogens with zero attached hydrogens (tertiary/aromatic N) is 1. The highest BCUT2D eigenvalue weighted by Crippen LogP contribution is 2.34. The average molecular weight is 378 g/mol. The molecular weight excluding hydrogens is 368 g/mol. The van der Waals surface area contributed by atoms with Gasteiger partial charge in [0.05, 0.1) is 11.3 Å². The first-order valence-corrected chi connectivity index (χ1v) is 6.87. The normalized spacial score (nSPS) is 15.4. The molecule has 0 atom stereocenters. The Morgan fingerprint density at radius 1 is 1.39 bits per heavy atom. The summed E-state index contributed by atoms with van der Waals surface area (Å²) in [7, 11) is 0. The van der Waals surface area contributed by atoms with E-state index in [9.17, 15) is 14.7 Å². The number of amides is 2. The number of carboxylic acid groups (broad SMARTS) is 1. The maximum Gasteiger partial charge on any atom is 0.337 e. The minimum Gasteiger partial charge on any atom is -0.478 e. The molecule has 0 aliphatic carbocycles. The molecular formula is C11H10Br2N2O3. The molecule has 2 amide bonds. The van der Waals surface area contributed by atoms with Crippen molar-refractivity contribution in [2.45, 2.75) is 6.42 Å². The van der Waals surface area contributed by atoms with Gasteiger partial charge in [0, 0.05) is 22.0 Å². The highest BCUT2D eigenvalue weighted by Gasteiger charge is 2.26. The molecule has 0 aromatic heterocycles. The quantitative estimate of drug-likeness (QED) is 0.832. The van der Waals surface area contributed by atoms with E-state index in [1.165, 1.54) is 11.0 Å². The van der Waals surface area contributed by atoms with E-state index >= 15 is 0 Å². The number of carboxylic acids is 1. The van der Waals surface area contributed by atoms with Gasteiger partial charge in [-0.05, 0) is 34.5 Å². The molecule has 1 heterocycles. The summed E-state index contributed by atoms with van der Waals surface area (Å²) in [5.41, 5.74) is 0.483. The smallest absolute Gasteiger partial charge is 0.337 e. The number of carbonyl (C=O) groups excluding carboxylic acids is 1. The van der Waals surface area contributed by atoms with Crippen molar-refractivity contribution in [3.63, 3.8) is 0 Å². The molecule has 7 heteroatoms. The predicted octanol–water partition coefficient (Wildman–Crippen LogP) is 2.83. The first-order valence-electron chi connectivity index (χ1n) is 5.28. The maximum absolute atomic E-state index is 11.8. The molecule has 0 saturated carbocycles. The number of anilines is 1. The minimum absolute atomic E-state index is 0.0910. The Morgan fingerprint density at radius 3 is 2.72 bits per heavy atom. The van der Waals surface area contributed by atoms with Gasteiger partial charge in [0.2, 0.25) is 0 Å². The summed E-state index contributed by atoms with van der Waals surface area (Å²) in [6.07, 6.45) is 0.785. The molecule has 96 valence electrons. The number of urea groups is 1. The molecule has 0 bridgehead atoms. The number of rotatable bonds is 2. The van der Waals surface area contributed by atoms with Crippen LogP contribution in [0.3, 0.4) is 0 Å². The molecule has 2 rings (SSSR count). The first kappa shape index (κ1) is 13.4. The van der Waals surface area contributed by atoms with Crippen molar-refractivity contribution in [2.75, 3.05) is 18.0 Å². The second-order valence-electron chi connectivity index (χ2n) is 3.83. The van der Waals surface area contributed by atoms with Crippen LogP contribution in [0.5, 0.6) is 0 Å². The Bertz CT molecular complexity index is 519. The summed E-state index contributed by atoms with van der Waals surface area (Å²) in [6.45, 7) is 1.12. The molecule has 0 unspecified atom stereocenters. The number of halogens is 2. The van der Waals surface area contributed by atoms with Crippen LogP contribution in [0.15, 0.2) is 21.1 Å². The van der Waals surface area contributed by atoms with Crippen LogP contribution >= 0.6 is 31.9 Å². The molecule has 1 aromatic carbocycles. The molecule has 1 aliphatic heterocycles. The van der Waals surface area contributed by atoms with Crippen molar-refractivity contribution in [3.05, 3.63) is 26.6 Å². The summed E-state index contributed by atoms with van der Waals surface area (Å²) in [6, 6.07) is 2.94. The van der Waals surface area contributed by atoms with Crippen LogP contribution in [-0.4, -0.2) is 30.2 Å². The third-order valence-corrected chi connectivity index (χ3v) is 3.67. The average Bonchev–Trinajstić information content (AvgIpc) is 2.29. The second-order valence-corrected chi connectivity index (χ2v) is 5.60. The Hall–Kier alpha value is -1.08.